The predicted octanol–water partition coefficient (Wildman–Crippen LogP) is 5.47. The highest BCUT2D eigenvalue weighted by Gasteiger charge is 2.43. The van der Waals surface area contributed by atoms with Crippen LogP contribution in [0.3, 0.4) is 0 Å². The number of anilines is 1. The third-order valence-electron chi connectivity index (χ3n) is 7.06. The molecule has 0 saturated carbocycles. The van der Waals surface area contributed by atoms with E-state index in [9.17, 15) is 4.79 Å². The fraction of sp³-hybridized carbons (Fsp3) is 0.233. The number of aromatic nitrogens is 2. The molecule has 4 aromatic rings. The first-order valence-electron chi connectivity index (χ1n) is 12.5. The smallest absolute Gasteiger partial charge is 0.337 e. The second-order valence-electron chi connectivity index (χ2n) is 9.24. The van der Waals surface area contributed by atoms with Gasteiger partial charge in [0, 0.05) is 29.3 Å². The van der Waals surface area contributed by atoms with Crippen LogP contribution in [-0.2, 0) is 4.74 Å². The quantitative estimate of drug-likeness (QED) is 0.243. The van der Waals surface area contributed by atoms with Crippen molar-refractivity contribution in [1.82, 2.24) is 14.9 Å². The lowest BCUT2D eigenvalue weighted by molar-refractivity contribution is 0.0600. The standard InChI is InChI=1S/C30H30N4O4S/c1-18-15-23(19(2)33(18)21-10-8-9-20(16-21)29(35)38-5)28-27(24-11-6-7-14-31-24)32-30(39)34(28)25-13-12-22(36-3)17-26(25)37-4/h6-17,27-28H,1-5H3,(H,32,39)/t27-,28+/m0/s1. The van der Waals surface area contributed by atoms with Gasteiger partial charge >= 0.3 is 5.97 Å². The van der Waals surface area contributed by atoms with Crippen molar-refractivity contribution < 1.29 is 19.0 Å². The molecule has 2 aromatic carbocycles. The molecule has 2 aromatic heterocycles. The Morgan fingerprint density at radius 1 is 0.974 bits per heavy atom. The van der Waals surface area contributed by atoms with Crippen LogP contribution in [0.25, 0.3) is 5.69 Å². The number of benzene rings is 2. The maximum absolute atomic E-state index is 12.2. The Morgan fingerprint density at radius 2 is 1.79 bits per heavy atom. The highest BCUT2D eigenvalue weighted by atomic mass is 32.1. The molecule has 0 amide bonds. The number of rotatable bonds is 7. The number of carbonyl (C=O) groups excluding carboxylic acids is 1. The van der Waals surface area contributed by atoms with Crippen LogP contribution < -0.4 is 19.7 Å². The summed E-state index contributed by atoms with van der Waals surface area (Å²) >= 11 is 5.92. The molecule has 2 atom stereocenters. The molecule has 0 bridgehead atoms. The van der Waals surface area contributed by atoms with E-state index in [1.165, 1.54) is 7.11 Å². The molecule has 1 N–H and O–H groups in total. The van der Waals surface area contributed by atoms with E-state index < -0.39 is 0 Å². The topological polar surface area (TPSA) is 77.9 Å². The number of carbonyl (C=O) groups is 1. The van der Waals surface area contributed by atoms with Gasteiger partial charge in [0.15, 0.2) is 5.11 Å². The van der Waals surface area contributed by atoms with Crippen LogP contribution in [0, 0.1) is 13.8 Å². The van der Waals surface area contributed by atoms with Crippen molar-refractivity contribution in [3.8, 4) is 17.2 Å². The first kappa shape index (κ1) is 26.2. The van der Waals surface area contributed by atoms with E-state index in [4.69, 9.17) is 26.4 Å². The summed E-state index contributed by atoms with van der Waals surface area (Å²) in [6.45, 7) is 4.13. The van der Waals surface area contributed by atoms with Crippen molar-refractivity contribution in [2.24, 2.45) is 0 Å². The predicted molar refractivity (Wildman–Crippen MR) is 154 cm³/mol. The number of pyridine rings is 1. The maximum atomic E-state index is 12.2. The van der Waals surface area contributed by atoms with Crippen LogP contribution >= 0.6 is 12.2 Å². The molecule has 9 heteroatoms. The summed E-state index contributed by atoms with van der Waals surface area (Å²) in [6.07, 6.45) is 1.79. The number of aryl methyl sites for hydroxylation is 1. The van der Waals surface area contributed by atoms with Crippen molar-refractivity contribution in [1.29, 1.82) is 0 Å². The van der Waals surface area contributed by atoms with Gasteiger partial charge in [0.2, 0.25) is 0 Å². The minimum Gasteiger partial charge on any atom is -0.497 e. The molecular formula is C30H30N4O4S. The van der Waals surface area contributed by atoms with E-state index >= 15 is 0 Å². The van der Waals surface area contributed by atoms with Gasteiger partial charge in [0.1, 0.15) is 11.5 Å². The zero-order chi connectivity index (χ0) is 27.7. The van der Waals surface area contributed by atoms with E-state index in [1.54, 1.807) is 26.5 Å². The maximum Gasteiger partial charge on any atom is 0.337 e. The van der Waals surface area contributed by atoms with Gasteiger partial charge in [0.05, 0.1) is 50.4 Å². The summed E-state index contributed by atoms with van der Waals surface area (Å²) < 4.78 is 18.3. The van der Waals surface area contributed by atoms with Crippen LogP contribution in [0.15, 0.2) is 72.9 Å². The number of nitrogens with zero attached hydrogens (tertiary/aromatic N) is 3. The molecule has 0 unspecified atom stereocenters. The summed E-state index contributed by atoms with van der Waals surface area (Å²) in [7, 11) is 4.64. The second-order valence-corrected chi connectivity index (χ2v) is 9.62. The SMILES string of the molecule is COC(=O)c1cccc(-n2c(C)cc([C@@H]3[C@H](c4ccccn4)NC(=S)N3c3ccc(OC)cc3OC)c2C)c1. The number of hydrogen-bond acceptors (Lipinski definition) is 6. The number of thiocarbonyl (C=S) groups is 1. The van der Waals surface area contributed by atoms with Gasteiger partial charge in [0.25, 0.3) is 0 Å². The zero-order valence-corrected chi connectivity index (χ0v) is 23.3. The minimum absolute atomic E-state index is 0.221. The molecule has 8 nitrogen and oxygen atoms in total. The Bertz CT molecular complexity index is 1540. The molecule has 3 heterocycles. The summed E-state index contributed by atoms with van der Waals surface area (Å²) in [5.74, 6) is 0.956. The van der Waals surface area contributed by atoms with Crippen LogP contribution in [0.2, 0.25) is 0 Å². The number of ether oxygens (including phenoxy) is 3. The van der Waals surface area contributed by atoms with Crippen molar-refractivity contribution in [3.05, 3.63) is 101 Å². The van der Waals surface area contributed by atoms with Gasteiger partial charge in [-0.2, -0.15) is 0 Å². The first-order valence-corrected chi connectivity index (χ1v) is 12.9. The highest BCUT2D eigenvalue weighted by Crippen LogP contribution is 2.46. The Kier molecular flexibility index (Phi) is 7.26. The van der Waals surface area contributed by atoms with Crippen LogP contribution in [0.4, 0.5) is 5.69 Å². The van der Waals surface area contributed by atoms with E-state index in [2.05, 4.69) is 39.7 Å². The van der Waals surface area contributed by atoms with Crippen molar-refractivity contribution in [2.45, 2.75) is 25.9 Å². The Morgan fingerprint density at radius 3 is 2.49 bits per heavy atom. The first-order chi connectivity index (χ1) is 18.9. The molecule has 1 fully saturated rings. The van der Waals surface area contributed by atoms with Gasteiger partial charge in [-0.05, 0) is 80.2 Å². The lowest BCUT2D eigenvalue weighted by Crippen LogP contribution is -2.30. The molecule has 200 valence electrons. The molecule has 1 aliphatic heterocycles. The van der Waals surface area contributed by atoms with E-state index in [1.807, 2.05) is 54.6 Å². The fourth-order valence-corrected chi connectivity index (χ4v) is 5.63. The van der Waals surface area contributed by atoms with Gasteiger partial charge in [-0.25, -0.2) is 4.79 Å². The molecule has 1 aliphatic rings. The minimum atomic E-state index is -0.377. The summed E-state index contributed by atoms with van der Waals surface area (Å²) in [6, 6.07) is 20.7. The molecule has 0 radical (unpaired) electrons. The summed E-state index contributed by atoms with van der Waals surface area (Å²) in [5, 5.41) is 4.08. The summed E-state index contributed by atoms with van der Waals surface area (Å²) in [4.78, 5) is 19.0. The average molecular weight is 543 g/mol. The summed E-state index contributed by atoms with van der Waals surface area (Å²) in [5.41, 5.74) is 6.15. The largest absolute Gasteiger partial charge is 0.497 e. The molecule has 5 rings (SSSR count). The van der Waals surface area contributed by atoms with Crippen LogP contribution in [-0.4, -0.2) is 42.0 Å². The van der Waals surface area contributed by atoms with Crippen molar-refractivity contribution >= 4 is 29.0 Å². The van der Waals surface area contributed by atoms with E-state index in [-0.39, 0.29) is 18.1 Å². The second kappa shape index (κ2) is 10.8. The van der Waals surface area contributed by atoms with Gasteiger partial charge in [-0.15, -0.1) is 0 Å². The number of nitrogens with one attached hydrogen (secondary N) is 1. The third kappa shape index (κ3) is 4.70. The monoisotopic (exact) mass is 542 g/mol. The van der Waals surface area contributed by atoms with Crippen LogP contribution in [0.1, 0.15) is 45.1 Å². The van der Waals surface area contributed by atoms with Crippen molar-refractivity contribution in [2.75, 3.05) is 26.2 Å². The molecule has 1 saturated heterocycles. The van der Waals surface area contributed by atoms with Gasteiger partial charge in [-0.1, -0.05) is 12.1 Å². The highest BCUT2D eigenvalue weighted by molar-refractivity contribution is 7.80. The third-order valence-corrected chi connectivity index (χ3v) is 7.37. The normalized spacial score (nSPS) is 16.6. The van der Waals surface area contributed by atoms with E-state index in [0.717, 1.165) is 34.0 Å². The lowest BCUT2D eigenvalue weighted by atomic mass is 9.96. The molecule has 39 heavy (non-hydrogen) atoms. The van der Waals surface area contributed by atoms with Gasteiger partial charge < -0.3 is 29.0 Å². The number of hydrogen-bond donors (Lipinski definition) is 1. The van der Waals surface area contributed by atoms with E-state index in [0.29, 0.717) is 22.2 Å². The van der Waals surface area contributed by atoms with Gasteiger partial charge in [-0.3, -0.25) is 4.98 Å². The van der Waals surface area contributed by atoms with Crippen LogP contribution in [0.5, 0.6) is 11.5 Å². The number of methoxy groups -OCH3 is 3. The Balaban J connectivity index is 1.68. The molecule has 0 spiro atoms. The molecular weight excluding hydrogens is 512 g/mol. The average Bonchev–Trinajstić information content (AvgIpc) is 3.46. The fourth-order valence-electron chi connectivity index (χ4n) is 5.29. The lowest BCUT2D eigenvalue weighted by Gasteiger charge is -2.29. The Labute approximate surface area is 233 Å². The zero-order valence-electron chi connectivity index (χ0n) is 22.5. The van der Waals surface area contributed by atoms with Crippen molar-refractivity contribution in [3.63, 3.8) is 0 Å². The number of esters is 1. The molecule has 0 aliphatic carbocycles. The Hall–Kier alpha value is -4.37.